The van der Waals surface area contributed by atoms with E-state index in [2.05, 4.69) is 5.32 Å². The molecule has 0 aliphatic rings. The molecular weight excluding hydrogens is 382 g/mol. The first-order valence-corrected chi connectivity index (χ1v) is 9.29. The van der Waals surface area contributed by atoms with Crippen molar-refractivity contribution in [2.75, 3.05) is 26.6 Å². The summed E-state index contributed by atoms with van der Waals surface area (Å²) in [4.78, 5) is 24.8. The predicted molar refractivity (Wildman–Crippen MR) is 117 cm³/mol. The topological polar surface area (TPSA) is 73.9 Å². The van der Waals surface area contributed by atoms with Crippen LogP contribution in [0.5, 0.6) is 11.5 Å². The van der Waals surface area contributed by atoms with Crippen molar-refractivity contribution in [3.05, 3.63) is 71.8 Å². The zero-order chi connectivity index (χ0) is 21.7. The third-order valence-electron chi connectivity index (χ3n) is 4.74. The summed E-state index contributed by atoms with van der Waals surface area (Å²) in [5.74, 6) is -0.228. The summed E-state index contributed by atoms with van der Waals surface area (Å²) in [7, 11) is 4.21. The van der Waals surface area contributed by atoms with E-state index in [9.17, 15) is 9.59 Å². The third-order valence-corrected chi connectivity index (χ3v) is 4.74. The SMILES string of the molecule is COC(=O)c1cc(OC)c(OC)cc1NC(=O)C=C(C)c1ccc2ccccc2c1. The molecule has 1 N–H and O–H groups in total. The first-order chi connectivity index (χ1) is 14.5. The summed E-state index contributed by atoms with van der Waals surface area (Å²) in [6, 6.07) is 17.0. The highest BCUT2D eigenvalue weighted by molar-refractivity contribution is 6.08. The number of carbonyl (C=O) groups excluding carboxylic acids is 2. The Morgan fingerprint density at radius 1 is 0.867 bits per heavy atom. The standard InChI is InChI=1S/C24H23NO5/c1-15(17-10-9-16-7-5-6-8-18(16)12-17)11-23(26)25-20-14-22(29-3)21(28-2)13-19(20)24(27)30-4/h5-14H,1-4H3,(H,25,26). The molecule has 3 aromatic rings. The van der Waals surface area contributed by atoms with Crippen molar-refractivity contribution in [2.24, 2.45) is 0 Å². The molecule has 0 saturated heterocycles. The summed E-state index contributed by atoms with van der Waals surface area (Å²) in [6.07, 6.45) is 1.49. The van der Waals surface area contributed by atoms with Crippen LogP contribution in [0.25, 0.3) is 16.3 Å². The lowest BCUT2D eigenvalue weighted by Crippen LogP contribution is -2.14. The zero-order valence-corrected chi connectivity index (χ0v) is 17.3. The zero-order valence-electron chi connectivity index (χ0n) is 17.3. The monoisotopic (exact) mass is 405 g/mol. The molecule has 30 heavy (non-hydrogen) atoms. The minimum Gasteiger partial charge on any atom is -0.493 e. The lowest BCUT2D eigenvalue weighted by atomic mass is 10.0. The van der Waals surface area contributed by atoms with Crippen LogP contribution >= 0.6 is 0 Å². The van der Waals surface area contributed by atoms with Gasteiger partial charge in [-0.15, -0.1) is 0 Å². The maximum atomic E-state index is 12.7. The summed E-state index contributed by atoms with van der Waals surface area (Å²) in [6.45, 7) is 1.86. The second-order valence-corrected chi connectivity index (χ2v) is 6.62. The first kappa shape index (κ1) is 20.9. The number of benzene rings is 3. The molecule has 154 valence electrons. The Kier molecular flexibility index (Phi) is 6.37. The van der Waals surface area contributed by atoms with Gasteiger partial charge in [-0.05, 0) is 34.9 Å². The molecule has 6 heteroatoms. The normalized spacial score (nSPS) is 11.1. The van der Waals surface area contributed by atoms with Crippen LogP contribution in [0.1, 0.15) is 22.8 Å². The maximum Gasteiger partial charge on any atom is 0.340 e. The van der Waals surface area contributed by atoms with Crippen molar-refractivity contribution in [3.63, 3.8) is 0 Å². The second kappa shape index (κ2) is 9.13. The van der Waals surface area contributed by atoms with Gasteiger partial charge in [-0.25, -0.2) is 4.79 Å². The number of anilines is 1. The minimum absolute atomic E-state index is 0.167. The second-order valence-electron chi connectivity index (χ2n) is 6.62. The van der Waals surface area contributed by atoms with Gasteiger partial charge in [-0.3, -0.25) is 4.79 Å². The van der Waals surface area contributed by atoms with E-state index in [-0.39, 0.29) is 17.2 Å². The van der Waals surface area contributed by atoms with Crippen molar-refractivity contribution in [3.8, 4) is 11.5 Å². The third kappa shape index (κ3) is 4.43. The van der Waals surface area contributed by atoms with Gasteiger partial charge < -0.3 is 19.5 Å². The first-order valence-electron chi connectivity index (χ1n) is 9.29. The molecule has 0 heterocycles. The number of methoxy groups -OCH3 is 3. The molecule has 6 nitrogen and oxygen atoms in total. The van der Waals surface area contributed by atoms with Crippen molar-refractivity contribution in [1.82, 2.24) is 0 Å². The van der Waals surface area contributed by atoms with Gasteiger partial charge in [0.05, 0.1) is 32.6 Å². The quantitative estimate of drug-likeness (QED) is 0.476. The van der Waals surface area contributed by atoms with E-state index in [0.29, 0.717) is 11.5 Å². The van der Waals surface area contributed by atoms with Gasteiger partial charge in [0.2, 0.25) is 5.91 Å². The van der Waals surface area contributed by atoms with Crippen LogP contribution in [0.3, 0.4) is 0 Å². The Labute approximate surface area is 175 Å². The number of hydrogen-bond donors (Lipinski definition) is 1. The van der Waals surface area contributed by atoms with Gasteiger partial charge in [0, 0.05) is 18.2 Å². The van der Waals surface area contributed by atoms with Crippen molar-refractivity contribution in [1.29, 1.82) is 0 Å². The highest BCUT2D eigenvalue weighted by atomic mass is 16.5. The van der Waals surface area contributed by atoms with Crippen LogP contribution in [-0.4, -0.2) is 33.2 Å². The Morgan fingerprint density at radius 3 is 2.20 bits per heavy atom. The highest BCUT2D eigenvalue weighted by Crippen LogP contribution is 2.34. The number of carbonyl (C=O) groups is 2. The Morgan fingerprint density at radius 2 is 1.53 bits per heavy atom. The van der Waals surface area contributed by atoms with Crippen LogP contribution < -0.4 is 14.8 Å². The van der Waals surface area contributed by atoms with Crippen LogP contribution in [0.15, 0.2) is 60.7 Å². The van der Waals surface area contributed by atoms with Gasteiger partial charge >= 0.3 is 5.97 Å². The fourth-order valence-corrected chi connectivity index (χ4v) is 3.14. The van der Waals surface area contributed by atoms with Crippen molar-refractivity contribution >= 4 is 33.9 Å². The number of nitrogens with one attached hydrogen (secondary N) is 1. The van der Waals surface area contributed by atoms with E-state index < -0.39 is 5.97 Å². The maximum absolute atomic E-state index is 12.7. The lowest BCUT2D eigenvalue weighted by molar-refractivity contribution is -0.111. The van der Waals surface area contributed by atoms with Crippen LogP contribution in [0.2, 0.25) is 0 Å². The molecular formula is C24H23NO5. The van der Waals surface area contributed by atoms with Gasteiger partial charge in [-0.2, -0.15) is 0 Å². The molecule has 3 rings (SSSR count). The molecule has 0 fully saturated rings. The Balaban J connectivity index is 1.91. The molecule has 1 amide bonds. The van der Waals surface area contributed by atoms with E-state index in [1.807, 2.05) is 49.4 Å². The molecule has 0 spiro atoms. The number of hydrogen-bond acceptors (Lipinski definition) is 5. The fraction of sp³-hybridized carbons (Fsp3) is 0.167. The summed E-state index contributed by atoms with van der Waals surface area (Å²) < 4.78 is 15.3. The Bertz CT molecular complexity index is 1130. The number of fused-ring (bicyclic) bond motifs is 1. The van der Waals surface area contributed by atoms with Crippen molar-refractivity contribution in [2.45, 2.75) is 6.92 Å². The van der Waals surface area contributed by atoms with E-state index >= 15 is 0 Å². The fourth-order valence-electron chi connectivity index (χ4n) is 3.14. The summed E-state index contributed by atoms with van der Waals surface area (Å²) >= 11 is 0. The van der Waals surface area contributed by atoms with Crippen LogP contribution in [0, 0.1) is 0 Å². The van der Waals surface area contributed by atoms with Gasteiger partial charge in [0.25, 0.3) is 0 Å². The van der Waals surface area contributed by atoms with E-state index in [1.54, 1.807) is 0 Å². The summed E-state index contributed by atoms with van der Waals surface area (Å²) in [5.41, 5.74) is 2.16. The lowest BCUT2D eigenvalue weighted by Gasteiger charge is -2.14. The van der Waals surface area contributed by atoms with E-state index in [4.69, 9.17) is 14.2 Å². The molecule has 0 bridgehead atoms. The number of rotatable bonds is 6. The molecule has 3 aromatic carbocycles. The summed E-state index contributed by atoms with van der Waals surface area (Å²) in [5, 5.41) is 4.96. The molecule has 0 saturated carbocycles. The minimum atomic E-state index is -0.596. The average molecular weight is 405 g/mol. The van der Waals surface area contributed by atoms with E-state index in [0.717, 1.165) is 21.9 Å². The average Bonchev–Trinajstić information content (AvgIpc) is 2.77. The van der Waals surface area contributed by atoms with Crippen LogP contribution in [-0.2, 0) is 9.53 Å². The molecule has 0 atom stereocenters. The largest absolute Gasteiger partial charge is 0.493 e. The number of esters is 1. The van der Waals surface area contributed by atoms with Gasteiger partial charge in [0.15, 0.2) is 11.5 Å². The van der Waals surface area contributed by atoms with Crippen LogP contribution in [0.4, 0.5) is 5.69 Å². The molecule has 0 aliphatic carbocycles. The van der Waals surface area contributed by atoms with Crippen molar-refractivity contribution < 1.29 is 23.8 Å². The molecule has 0 aliphatic heterocycles. The van der Waals surface area contributed by atoms with Gasteiger partial charge in [0.1, 0.15) is 0 Å². The molecule has 0 radical (unpaired) electrons. The van der Waals surface area contributed by atoms with Gasteiger partial charge in [-0.1, -0.05) is 36.4 Å². The Hall–Kier alpha value is -3.80. The number of amides is 1. The smallest absolute Gasteiger partial charge is 0.340 e. The molecule has 0 aromatic heterocycles. The van der Waals surface area contributed by atoms with E-state index in [1.165, 1.54) is 39.5 Å². The number of ether oxygens (including phenoxy) is 3. The predicted octanol–water partition coefficient (Wildman–Crippen LogP) is 4.69. The highest BCUT2D eigenvalue weighted by Gasteiger charge is 2.18. The molecule has 0 unspecified atom stereocenters. The number of allylic oxidation sites excluding steroid dienone is 1.